The molecular formula is C6H7F3N2O. The molecule has 0 saturated heterocycles. The topological polar surface area (TPSA) is 38.0 Å². The zero-order valence-electron chi connectivity index (χ0n) is 6.04. The van der Waals surface area contributed by atoms with Crippen molar-refractivity contribution in [2.24, 2.45) is 0 Å². The largest absolute Gasteiger partial charge is 0.433 e. The van der Waals surface area contributed by atoms with Crippen molar-refractivity contribution in [2.75, 3.05) is 6.61 Å². The van der Waals surface area contributed by atoms with Gasteiger partial charge in [-0.1, -0.05) is 0 Å². The highest BCUT2D eigenvalue weighted by molar-refractivity contribution is 5.04. The molecule has 0 spiro atoms. The van der Waals surface area contributed by atoms with Gasteiger partial charge >= 0.3 is 6.18 Å². The fraction of sp³-hybridized carbons (Fsp3) is 0.500. The molecule has 12 heavy (non-hydrogen) atoms. The minimum Gasteiger partial charge on any atom is -0.394 e. The van der Waals surface area contributed by atoms with Crippen LogP contribution in [0.4, 0.5) is 13.2 Å². The van der Waals surface area contributed by atoms with Crippen LogP contribution in [-0.2, 0) is 12.7 Å². The normalized spacial score (nSPS) is 12.0. The molecule has 0 unspecified atom stereocenters. The van der Waals surface area contributed by atoms with Gasteiger partial charge in [-0.3, -0.25) is 4.68 Å². The Morgan fingerprint density at radius 1 is 1.50 bits per heavy atom. The number of aliphatic hydroxyl groups is 1. The molecule has 68 valence electrons. The molecular weight excluding hydrogens is 173 g/mol. The van der Waals surface area contributed by atoms with Gasteiger partial charge < -0.3 is 5.11 Å². The van der Waals surface area contributed by atoms with E-state index in [9.17, 15) is 13.2 Å². The lowest BCUT2D eigenvalue weighted by Crippen LogP contribution is -2.16. The third-order valence-electron chi connectivity index (χ3n) is 1.32. The fourth-order valence-electron chi connectivity index (χ4n) is 0.846. The quantitative estimate of drug-likeness (QED) is 0.734. The second-order valence-corrected chi connectivity index (χ2v) is 2.16. The number of halogens is 3. The predicted octanol–water partition coefficient (Wildman–Crippen LogP) is 0.894. The summed E-state index contributed by atoms with van der Waals surface area (Å²) >= 11 is 0. The molecule has 0 aliphatic carbocycles. The molecule has 0 saturated carbocycles. The number of hydrogen-bond acceptors (Lipinski definition) is 2. The maximum Gasteiger partial charge on any atom is 0.433 e. The summed E-state index contributed by atoms with van der Waals surface area (Å²) in [5.74, 6) is 0. The van der Waals surface area contributed by atoms with Crippen molar-refractivity contribution in [3.63, 3.8) is 0 Å². The van der Waals surface area contributed by atoms with Crippen molar-refractivity contribution < 1.29 is 18.3 Å². The van der Waals surface area contributed by atoms with Gasteiger partial charge in [0.1, 0.15) is 5.69 Å². The van der Waals surface area contributed by atoms with Crippen LogP contribution in [0, 0.1) is 0 Å². The van der Waals surface area contributed by atoms with Gasteiger partial charge in [0.15, 0.2) is 0 Å². The molecule has 0 aliphatic heterocycles. The van der Waals surface area contributed by atoms with E-state index >= 15 is 0 Å². The van der Waals surface area contributed by atoms with Crippen LogP contribution in [0.5, 0.6) is 0 Å². The van der Waals surface area contributed by atoms with Crippen LogP contribution < -0.4 is 0 Å². The lowest BCUT2D eigenvalue weighted by molar-refractivity contribution is -0.144. The van der Waals surface area contributed by atoms with Gasteiger partial charge in [-0.25, -0.2) is 0 Å². The van der Waals surface area contributed by atoms with E-state index in [1.165, 1.54) is 0 Å². The number of nitrogens with zero attached hydrogens (tertiary/aromatic N) is 2. The summed E-state index contributed by atoms with van der Waals surface area (Å²) in [4.78, 5) is 0. The van der Waals surface area contributed by atoms with E-state index in [1.807, 2.05) is 0 Å². The smallest absolute Gasteiger partial charge is 0.394 e. The van der Waals surface area contributed by atoms with Gasteiger partial charge in [-0.15, -0.1) is 0 Å². The van der Waals surface area contributed by atoms with Gasteiger partial charge in [-0.2, -0.15) is 18.3 Å². The Morgan fingerprint density at radius 3 is 2.67 bits per heavy atom. The molecule has 3 nitrogen and oxygen atoms in total. The standard InChI is InChI=1S/C6H7F3N2O/c7-6(8,9)5-1-2-10-11(5)3-4-12/h1-2,12H,3-4H2. The van der Waals surface area contributed by atoms with Crippen LogP contribution in [0.25, 0.3) is 0 Å². The number of aromatic nitrogens is 2. The molecule has 6 heteroatoms. The predicted molar refractivity (Wildman–Crippen MR) is 34.3 cm³/mol. The SMILES string of the molecule is OCCn1nccc1C(F)(F)F. The summed E-state index contributed by atoms with van der Waals surface area (Å²) in [5, 5.41) is 11.8. The van der Waals surface area contributed by atoms with E-state index in [0.717, 1.165) is 16.9 Å². The molecule has 0 atom stereocenters. The van der Waals surface area contributed by atoms with Gasteiger partial charge in [0.2, 0.25) is 0 Å². The first kappa shape index (κ1) is 9.05. The third kappa shape index (κ3) is 1.76. The minimum absolute atomic E-state index is 0.137. The molecule has 1 aromatic rings. The van der Waals surface area contributed by atoms with E-state index in [1.54, 1.807) is 0 Å². The molecule has 1 aromatic heterocycles. The number of aliphatic hydroxyl groups excluding tert-OH is 1. The van der Waals surface area contributed by atoms with E-state index in [-0.39, 0.29) is 13.2 Å². The molecule has 0 aliphatic rings. The van der Waals surface area contributed by atoms with Gasteiger partial charge in [-0.05, 0) is 6.07 Å². The van der Waals surface area contributed by atoms with Crippen LogP contribution in [-0.4, -0.2) is 21.5 Å². The summed E-state index contributed by atoms with van der Waals surface area (Å²) < 4.78 is 36.9. The number of hydrogen-bond donors (Lipinski definition) is 1. The van der Waals surface area contributed by atoms with Crippen molar-refractivity contribution in [2.45, 2.75) is 12.7 Å². The van der Waals surface area contributed by atoms with E-state index in [0.29, 0.717) is 0 Å². The van der Waals surface area contributed by atoms with Crippen molar-refractivity contribution in [1.82, 2.24) is 9.78 Å². The Labute approximate surface area is 66.4 Å². The highest BCUT2D eigenvalue weighted by Crippen LogP contribution is 2.28. The first-order valence-electron chi connectivity index (χ1n) is 3.25. The Morgan fingerprint density at radius 2 is 2.17 bits per heavy atom. The van der Waals surface area contributed by atoms with Gasteiger partial charge in [0.05, 0.1) is 13.2 Å². The van der Waals surface area contributed by atoms with Gasteiger partial charge in [0.25, 0.3) is 0 Å². The zero-order chi connectivity index (χ0) is 9.19. The fourth-order valence-corrected chi connectivity index (χ4v) is 0.846. The van der Waals surface area contributed by atoms with Crippen molar-refractivity contribution in [3.05, 3.63) is 18.0 Å². The first-order chi connectivity index (χ1) is 5.55. The van der Waals surface area contributed by atoms with Crippen molar-refractivity contribution in [3.8, 4) is 0 Å². The first-order valence-corrected chi connectivity index (χ1v) is 3.25. The molecule has 1 N–H and O–H groups in total. The molecule has 0 aromatic carbocycles. The Balaban J connectivity index is 2.91. The lowest BCUT2D eigenvalue weighted by atomic mass is 10.4. The molecule has 1 rings (SSSR count). The second kappa shape index (κ2) is 3.14. The van der Waals surface area contributed by atoms with Crippen LogP contribution in [0.3, 0.4) is 0 Å². The minimum atomic E-state index is -4.40. The maximum atomic E-state index is 12.1. The van der Waals surface area contributed by atoms with Crippen LogP contribution in [0.1, 0.15) is 5.69 Å². The number of rotatable bonds is 2. The highest BCUT2D eigenvalue weighted by Gasteiger charge is 2.34. The third-order valence-corrected chi connectivity index (χ3v) is 1.32. The van der Waals surface area contributed by atoms with Crippen molar-refractivity contribution in [1.29, 1.82) is 0 Å². The zero-order valence-corrected chi connectivity index (χ0v) is 6.04. The monoisotopic (exact) mass is 180 g/mol. The summed E-state index contributed by atoms with van der Waals surface area (Å²) in [5.41, 5.74) is -0.837. The van der Waals surface area contributed by atoms with Crippen LogP contribution in [0.15, 0.2) is 12.3 Å². The van der Waals surface area contributed by atoms with E-state index in [2.05, 4.69) is 5.10 Å². The molecule has 0 bridgehead atoms. The molecule has 0 amide bonds. The number of alkyl halides is 3. The summed E-state index contributed by atoms with van der Waals surface area (Å²) in [6.07, 6.45) is -3.34. The maximum absolute atomic E-state index is 12.1. The average molecular weight is 180 g/mol. The van der Waals surface area contributed by atoms with Crippen LogP contribution in [0.2, 0.25) is 0 Å². The summed E-state index contributed by atoms with van der Waals surface area (Å²) in [6, 6.07) is 0.871. The van der Waals surface area contributed by atoms with E-state index in [4.69, 9.17) is 5.11 Å². The average Bonchev–Trinajstić information content (AvgIpc) is 2.34. The Hall–Kier alpha value is -1.04. The Kier molecular flexibility index (Phi) is 2.37. The molecule has 0 fully saturated rings. The van der Waals surface area contributed by atoms with Gasteiger partial charge in [0, 0.05) is 6.20 Å². The molecule has 1 heterocycles. The second-order valence-electron chi connectivity index (χ2n) is 2.16. The summed E-state index contributed by atoms with van der Waals surface area (Å²) in [6.45, 7) is -0.493. The van der Waals surface area contributed by atoms with Crippen molar-refractivity contribution >= 4 is 0 Å². The summed E-state index contributed by atoms with van der Waals surface area (Å²) in [7, 11) is 0. The van der Waals surface area contributed by atoms with Crippen LogP contribution >= 0.6 is 0 Å². The molecule has 0 radical (unpaired) electrons. The highest BCUT2D eigenvalue weighted by atomic mass is 19.4. The Bertz CT molecular complexity index is 256. The lowest BCUT2D eigenvalue weighted by Gasteiger charge is -2.08. The van der Waals surface area contributed by atoms with E-state index < -0.39 is 11.9 Å².